The van der Waals surface area contributed by atoms with Crippen LogP contribution in [0.2, 0.25) is 0 Å². The highest BCUT2D eigenvalue weighted by Crippen LogP contribution is 2.34. The average molecular weight is 233 g/mol. The Labute approximate surface area is 104 Å². The van der Waals surface area contributed by atoms with Crippen LogP contribution in [0.15, 0.2) is 23.3 Å². The number of amides is 1. The van der Waals surface area contributed by atoms with Gasteiger partial charge in [0.05, 0.1) is 6.04 Å². The third kappa shape index (κ3) is 2.99. The van der Waals surface area contributed by atoms with Crippen LogP contribution in [-0.4, -0.2) is 11.9 Å². The number of carbonyl (C=O) groups is 1. The molecular weight excluding hydrogens is 210 g/mol. The van der Waals surface area contributed by atoms with Gasteiger partial charge in [0.25, 0.3) is 0 Å². The molecule has 0 radical (unpaired) electrons. The number of carbonyl (C=O) groups excluding carboxylic acids is 1. The molecule has 2 unspecified atom stereocenters. The van der Waals surface area contributed by atoms with E-state index in [9.17, 15) is 4.79 Å². The Morgan fingerprint density at radius 2 is 2.06 bits per heavy atom. The van der Waals surface area contributed by atoms with Crippen LogP contribution in [0.3, 0.4) is 0 Å². The van der Waals surface area contributed by atoms with Crippen LogP contribution in [0.5, 0.6) is 0 Å². The van der Waals surface area contributed by atoms with Gasteiger partial charge in [-0.1, -0.05) is 45.4 Å². The van der Waals surface area contributed by atoms with Crippen molar-refractivity contribution in [3.05, 3.63) is 23.3 Å². The lowest BCUT2D eigenvalue weighted by Crippen LogP contribution is -2.45. The van der Waals surface area contributed by atoms with Crippen LogP contribution in [-0.2, 0) is 4.79 Å². The first-order valence-corrected chi connectivity index (χ1v) is 6.56. The molecule has 2 rings (SSSR count). The van der Waals surface area contributed by atoms with Crippen LogP contribution in [0.4, 0.5) is 0 Å². The summed E-state index contributed by atoms with van der Waals surface area (Å²) in [5.74, 6) is 0.628. The van der Waals surface area contributed by atoms with E-state index >= 15 is 0 Å². The molecule has 0 aromatic heterocycles. The predicted octanol–water partition coefficient (Wildman–Crippen LogP) is 3.20. The van der Waals surface area contributed by atoms with Gasteiger partial charge in [-0.15, -0.1) is 0 Å². The van der Waals surface area contributed by atoms with E-state index in [0.717, 1.165) is 12.8 Å². The maximum absolute atomic E-state index is 11.4. The lowest BCUT2D eigenvalue weighted by molar-refractivity contribution is -0.122. The predicted molar refractivity (Wildman–Crippen MR) is 70.6 cm³/mol. The van der Waals surface area contributed by atoms with E-state index in [-0.39, 0.29) is 11.9 Å². The number of piperidine rings is 1. The van der Waals surface area contributed by atoms with Gasteiger partial charge in [-0.2, -0.15) is 0 Å². The van der Waals surface area contributed by atoms with Crippen molar-refractivity contribution in [1.82, 2.24) is 5.32 Å². The Balaban J connectivity index is 2.16. The number of allylic oxidation sites excluding steroid dienone is 2. The van der Waals surface area contributed by atoms with Crippen LogP contribution >= 0.6 is 0 Å². The van der Waals surface area contributed by atoms with Crippen LogP contribution in [0.25, 0.3) is 0 Å². The maximum atomic E-state index is 11.4. The summed E-state index contributed by atoms with van der Waals surface area (Å²) < 4.78 is 0. The highest BCUT2D eigenvalue weighted by Gasteiger charge is 2.30. The lowest BCUT2D eigenvalue weighted by atomic mass is 9.78. The molecule has 1 aliphatic heterocycles. The standard InChI is InChI=1S/C15H23NO/c1-10-7-11(9-15(2,3)4)8-12-5-6-13(17)16-14(10)12/h7-8,10,14H,5-6,9H2,1-4H3,(H,16,17). The van der Waals surface area contributed by atoms with Crippen molar-refractivity contribution >= 4 is 5.91 Å². The molecular formula is C15H23NO. The maximum Gasteiger partial charge on any atom is 0.220 e. The second kappa shape index (κ2) is 4.32. The summed E-state index contributed by atoms with van der Waals surface area (Å²) in [6.45, 7) is 9.01. The second-order valence-corrected chi connectivity index (χ2v) is 6.60. The molecule has 17 heavy (non-hydrogen) atoms. The molecule has 2 nitrogen and oxygen atoms in total. The van der Waals surface area contributed by atoms with E-state index in [2.05, 4.69) is 45.2 Å². The van der Waals surface area contributed by atoms with E-state index < -0.39 is 0 Å². The number of hydrogen-bond donors (Lipinski definition) is 1. The Bertz CT molecular complexity index is 384. The molecule has 2 atom stereocenters. The van der Waals surface area contributed by atoms with E-state index in [0.29, 0.717) is 17.8 Å². The first-order chi connectivity index (χ1) is 7.85. The molecule has 0 saturated carbocycles. The lowest BCUT2D eigenvalue weighted by Gasteiger charge is -2.34. The molecule has 2 heteroatoms. The molecule has 1 heterocycles. The summed E-state index contributed by atoms with van der Waals surface area (Å²) in [5.41, 5.74) is 3.18. The Kier molecular flexibility index (Phi) is 3.15. The fourth-order valence-electron chi connectivity index (χ4n) is 2.83. The highest BCUT2D eigenvalue weighted by molar-refractivity contribution is 5.78. The van der Waals surface area contributed by atoms with E-state index in [1.165, 1.54) is 11.1 Å². The number of nitrogens with one attached hydrogen (secondary N) is 1. The zero-order chi connectivity index (χ0) is 12.6. The molecule has 0 spiro atoms. The van der Waals surface area contributed by atoms with Crippen molar-refractivity contribution in [1.29, 1.82) is 0 Å². The SMILES string of the molecule is CC1C=C(CC(C)(C)C)C=C2CCC(=O)NC21. The van der Waals surface area contributed by atoms with Gasteiger partial charge in [-0.3, -0.25) is 4.79 Å². The average Bonchev–Trinajstić information content (AvgIpc) is 2.17. The zero-order valence-corrected chi connectivity index (χ0v) is 11.3. The first-order valence-electron chi connectivity index (χ1n) is 6.56. The first kappa shape index (κ1) is 12.4. The van der Waals surface area contributed by atoms with Gasteiger partial charge >= 0.3 is 0 Å². The highest BCUT2D eigenvalue weighted by atomic mass is 16.1. The van der Waals surface area contributed by atoms with Crippen molar-refractivity contribution in [2.75, 3.05) is 0 Å². The summed E-state index contributed by atoms with van der Waals surface area (Å²) in [6, 6.07) is 0.250. The van der Waals surface area contributed by atoms with Crippen molar-refractivity contribution < 1.29 is 4.79 Å². The van der Waals surface area contributed by atoms with Gasteiger partial charge in [0.15, 0.2) is 0 Å². The molecule has 1 aliphatic carbocycles. The summed E-state index contributed by atoms with van der Waals surface area (Å²) in [5, 5.41) is 3.10. The quantitative estimate of drug-likeness (QED) is 0.740. The Hall–Kier alpha value is -1.05. The summed E-state index contributed by atoms with van der Waals surface area (Å²) in [6.07, 6.45) is 7.34. The minimum Gasteiger partial charge on any atom is -0.349 e. The third-order valence-corrected chi connectivity index (χ3v) is 3.46. The van der Waals surface area contributed by atoms with E-state index in [1.807, 2.05) is 0 Å². The molecule has 1 fully saturated rings. The van der Waals surface area contributed by atoms with Crippen LogP contribution in [0.1, 0.15) is 47.0 Å². The third-order valence-electron chi connectivity index (χ3n) is 3.46. The zero-order valence-electron chi connectivity index (χ0n) is 11.3. The van der Waals surface area contributed by atoms with Crippen molar-refractivity contribution in [2.24, 2.45) is 11.3 Å². The van der Waals surface area contributed by atoms with Crippen molar-refractivity contribution in [2.45, 2.75) is 53.0 Å². The summed E-state index contributed by atoms with van der Waals surface area (Å²) in [4.78, 5) is 11.4. The largest absolute Gasteiger partial charge is 0.349 e. The van der Waals surface area contributed by atoms with Crippen molar-refractivity contribution in [3.8, 4) is 0 Å². The number of hydrogen-bond acceptors (Lipinski definition) is 1. The minimum atomic E-state index is 0.201. The normalized spacial score (nSPS) is 29.1. The van der Waals surface area contributed by atoms with Gasteiger partial charge in [-0.25, -0.2) is 0 Å². The van der Waals surface area contributed by atoms with Gasteiger partial charge in [-0.05, 0) is 29.7 Å². The minimum absolute atomic E-state index is 0.201. The molecule has 2 aliphatic rings. The molecule has 1 N–H and O–H groups in total. The molecule has 1 saturated heterocycles. The molecule has 1 amide bonds. The van der Waals surface area contributed by atoms with E-state index in [4.69, 9.17) is 0 Å². The fourth-order valence-corrected chi connectivity index (χ4v) is 2.83. The number of fused-ring (bicyclic) bond motifs is 1. The van der Waals surface area contributed by atoms with Gasteiger partial charge in [0.1, 0.15) is 0 Å². The fraction of sp³-hybridized carbons (Fsp3) is 0.667. The topological polar surface area (TPSA) is 29.1 Å². The van der Waals surface area contributed by atoms with Gasteiger partial charge in [0, 0.05) is 6.42 Å². The summed E-state index contributed by atoms with van der Waals surface area (Å²) in [7, 11) is 0. The molecule has 0 aromatic rings. The number of rotatable bonds is 1. The van der Waals surface area contributed by atoms with Gasteiger partial charge in [0.2, 0.25) is 5.91 Å². The molecule has 0 bridgehead atoms. The molecule has 94 valence electrons. The Morgan fingerprint density at radius 3 is 2.71 bits per heavy atom. The molecule has 0 aromatic carbocycles. The van der Waals surface area contributed by atoms with Crippen LogP contribution < -0.4 is 5.32 Å². The monoisotopic (exact) mass is 233 g/mol. The summed E-state index contributed by atoms with van der Waals surface area (Å²) >= 11 is 0. The van der Waals surface area contributed by atoms with Crippen LogP contribution in [0, 0.1) is 11.3 Å². The van der Waals surface area contributed by atoms with Crippen molar-refractivity contribution in [3.63, 3.8) is 0 Å². The second-order valence-electron chi connectivity index (χ2n) is 6.60. The van der Waals surface area contributed by atoms with E-state index in [1.54, 1.807) is 0 Å². The van der Waals surface area contributed by atoms with Gasteiger partial charge < -0.3 is 5.32 Å². The Morgan fingerprint density at radius 1 is 1.35 bits per heavy atom. The smallest absolute Gasteiger partial charge is 0.220 e.